The Morgan fingerprint density at radius 3 is 2.56 bits per heavy atom. The van der Waals surface area contributed by atoms with Gasteiger partial charge in [-0.25, -0.2) is 0 Å². The van der Waals surface area contributed by atoms with Gasteiger partial charge < -0.3 is 10.1 Å². The van der Waals surface area contributed by atoms with Crippen molar-refractivity contribution < 1.29 is 9.53 Å². The third kappa shape index (κ3) is 3.98. The molecule has 1 amide bonds. The summed E-state index contributed by atoms with van der Waals surface area (Å²) < 4.78 is 7.52. The Morgan fingerprint density at radius 2 is 1.81 bits per heavy atom. The van der Waals surface area contributed by atoms with Crippen molar-refractivity contribution in [3.8, 4) is 11.4 Å². The normalized spacial score (nSPS) is 10.4. The van der Waals surface area contributed by atoms with E-state index in [1.165, 1.54) is 24.1 Å². The fraction of sp³-hybridized carbons (Fsp3) is 0.150. The molecule has 27 heavy (non-hydrogen) atoms. The van der Waals surface area contributed by atoms with Crippen molar-refractivity contribution in [2.75, 3.05) is 12.4 Å². The minimum Gasteiger partial charge on any atom is -0.495 e. The molecule has 0 fully saturated rings. The summed E-state index contributed by atoms with van der Waals surface area (Å²) >= 11 is 0. The van der Waals surface area contributed by atoms with Crippen LogP contribution < -0.4 is 21.2 Å². The Kier molecular flexibility index (Phi) is 5.21. The molecule has 0 aliphatic carbocycles. The van der Waals surface area contributed by atoms with Crippen molar-refractivity contribution in [2.24, 2.45) is 0 Å². The minimum atomic E-state index is -0.789. The van der Waals surface area contributed by atoms with Gasteiger partial charge in [-0.05, 0) is 36.8 Å². The fourth-order valence-corrected chi connectivity index (χ4v) is 2.73. The fourth-order valence-electron chi connectivity index (χ4n) is 2.73. The number of ether oxygens (including phenoxy) is 1. The van der Waals surface area contributed by atoms with E-state index < -0.39 is 17.0 Å². The average Bonchev–Trinajstić information content (AvgIpc) is 2.66. The molecule has 7 heteroatoms. The molecule has 3 aromatic rings. The van der Waals surface area contributed by atoms with Crippen LogP contribution in [-0.2, 0) is 11.3 Å². The Balaban J connectivity index is 1.86. The highest BCUT2D eigenvalue weighted by Gasteiger charge is 2.12. The van der Waals surface area contributed by atoms with E-state index in [1.807, 2.05) is 25.1 Å². The molecule has 0 bridgehead atoms. The van der Waals surface area contributed by atoms with Gasteiger partial charge in [0, 0.05) is 18.1 Å². The van der Waals surface area contributed by atoms with Crippen LogP contribution in [0.2, 0.25) is 0 Å². The molecule has 0 aliphatic rings. The molecule has 0 saturated carbocycles. The van der Waals surface area contributed by atoms with Crippen LogP contribution in [0.4, 0.5) is 5.69 Å². The number of carbonyl (C=O) groups is 1. The Hall–Kier alpha value is -3.61. The Morgan fingerprint density at radius 1 is 1.04 bits per heavy atom. The van der Waals surface area contributed by atoms with Crippen LogP contribution in [0.25, 0.3) is 5.69 Å². The third-order valence-electron chi connectivity index (χ3n) is 4.02. The van der Waals surface area contributed by atoms with E-state index in [2.05, 4.69) is 5.32 Å². The van der Waals surface area contributed by atoms with Crippen LogP contribution in [0.5, 0.6) is 5.75 Å². The van der Waals surface area contributed by atoms with Crippen molar-refractivity contribution in [1.82, 2.24) is 9.13 Å². The van der Waals surface area contributed by atoms with Crippen molar-refractivity contribution >= 4 is 11.6 Å². The van der Waals surface area contributed by atoms with E-state index in [-0.39, 0.29) is 6.54 Å². The van der Waals surface area contributed by atoms with Crippen LogP contribution in [0.3, 0.4) is 0 Å². The number of nitrogens with zero attached hydrogens (tertiary/aromatic N) is 2. The smallest absolute Gasteiger partial charge is 0.321 e. The van der Waals surface area contributed by atoms with Crippen LogP contribution in [0, 0.1) is 6.92 Å². The van der Waals surface area contributed by atoms with Crippen molar-refractivity contribution in [1.29, 1.82) is 0 Å². The molecule has 138 valence electrons. The van der Waals surface area contributed by atoms with E-state index >= 15 is 0 Å². The number of methoxy groups -OCH3 is 1. The van der Waals surface area contributed by atoms with Gasteiger partial charge in [0.15, 0.2) is 0 Å². The average molecular weight is 365 g/mol. The lowest BCUT2D eigenvalue weighted by atomic mass is 10.2. The zero-order valence-electron chi connectivity index (χ0n) is 15.0. The second-order valence-corrected chi connectivity index (χ2v) is 6.00. The van der Waals surface area contributed by atoms with Gasteiger partial charge in [-0.15, -0.1) is 0 Å². The standard InChI is InChI=1S/C20H19N3O4/c1-14-6-5-7-15(12-14)21-18(24)13-22-10-11-23(20(26)19(22)25)16-8-3-4-9-17(16)27-2/h3-12H,13H2,1-2H3,(H,21,24). The number of anilines is 1. The summed E-state index contributed by atoms with van der Waals surface area (Å²) in [5.41, 5.74) is 0.548. The molecule has 1 N–H and O–H groups in total. The maximum atomic E-state index is 12.5. The largest absolute Gasteiger partial charge is 0.495 e. The number of amides is 1. The molecular formula is C20H19N3O4. The molecule has 0 unspecified atom stereocenters. The molecule has 0 saturated heterocycles. The predicted octanol–water partition coefficient (Wildman–Crippen LogP) is 1.95. The molecule has 0 spiro atoms. The number of para-hydroxylation sites is 2. The number of nitrogens with one attached hydrogen (secondary N) is 1. The maximum absolute atomic E-state index is 12.5. The summed E-state index contributed by atoms with van der Waals surface area (Å²) in [5.74, 6) is 0.0751. The van der Waals surface area contributed by atoms with Gasteiger partial charge in [0.05, 0.1) is 12.8 Å². The van der Waals surface area contributed by atoms with Gasteiger partial charge in [0.2, 0.25) is 5.91 Å². The number of aryl methyl sites for hydroxylation is 1. The monoisotopic (exact) mass is 365 g/mol. The van der Waals surface area contributed by atoms with Gasteiger partial charge in [-0.1, -0.05) is 24.3 Å². The first kappa shape index (κ1) is 18.2. The predicted molar refractivity (Wildman–Crippen MR) is 103 cm³/mol. The topological polar surface area (TPSA) is 82.3 Å². The summed E-state index contributed by atoms with van der Waals surface area (Å²) in [6.07, 6.45) is 2.85. The summed E-state index contributed by atoms with van der Waals surface area (Å²) in [6, 6.07) is 14.2. The van der Waals surface area contributed by atoms with E-state index in [4.69, 9.17) is 4.74 Å². The number of hydrogen-bond donors (Lipinski definition) is 1. The molecule has 1 heterocycles. The zero-order valence-corrected chi connectivity index (χ0v) is 15.0. The van der Waals surface area contributed by atoms with Crippen LogP contribution in [-0.4, -0.2) is 22.2 Å². The molecule has 0 aliphatic heterocycles. The summed E-state index contributed by atoms with van der Waals surface area (Å²) in [7, 11) is 1.49. The molecule has 2 aromatic carbocycles. The third-order valence-corrected chi connectivity index (χ3v) is 4.02. The van der Waals surface area contributed by atoms with E-state index in [1.54, 1.807) is 30.3 Å². The number of rotatable bonds is 5. The van der Waals surface area contributed by atoms with E-state index in [0.29, 0.717) is 17.1 Å². The lowest BCUT2D eigenvalue weighted by Crippen LogP contribution is -2.41. The first-order chi connectivity index (χ1) is 13.0. The second kappa shape index (κ2) is 7.74. The second-order valence-electron chi connectivity index (χ2n) is 6.00. The summed E-state index contributed by atoms with van der Waals surface area (Å²) in [5, 5.41) is 2.71. The highest BCUT2D eigenvalue weighted by Crippen LogP contribution is 2.19. The van der Waals surface area contributed by atoms with Gasteiger partial charge in [0.1, 0.15) is 12.3 Å². The molecule has 7 nitrogen and oxygen atoms in total. The van der Waals surface area contributed by atoms with Gasteiger partial charge in [0.25, 0.3) is 0 Å². The highest BCUT2D eigenvalue weighted by molar-refractivity contribution is 5.90. The summed E-state index contributed by atoms with van der Waals surface area (Å²) in [6.45, 7) is 1.66. The lowest BCUT2D eigenvalue weighted by molar-refractivity contribution is -0.116. The van der Waals surface area contributed by atoms with Crippen LogP contribution in [0.1, 0.15) is 5.56 Å². The number of hydrogen-bond acceptors (Lipinski definition) is 4. The maximum Gasteiger partial charge on any atom is 0.321 e. The zero-order chi connectivity index (χ0) is 19.4. The quantitative estimate of drug-likeness (QED) is 0.701. The molecular weight excluding hydrogens is 346 g/mol. The molecule has 3 rings (SSSR count). The minimum absolute atomic E-state index is 0.255. The molecule has 1 aromatic heterocycles. The van der Waals surface area contributed by atoms with Crippen molar-refractivity contribution in [3.05, 3.63) is 87.2 Å². The molecule has 0 atom stereocenters. The number of aromatic nitrogens is 2. The van der Waals surface area contributed by atoms with Crippen LogP contribution >= 0.6 is 0 Å². The van der Waals surface area contributed by atoms with E-state index in [0.717, 1.165) is 10.1 Å². The first-order valence-corrected chi connectivity index (χ1v) is 8.31. The van der Waals surface area contributed by atoms with Gasteiger partial charge >= 0.3 is 11.1 Å². The van der Waals surface area contributed by atoms with Gasteiger partial charge in [-0.2, -0.15) is 0 Å². The first-order valence-electron chi connectivity index (χ1n) is 8.31. The lowest BCUT2D eigenvalue weighted by Gasteiger charge is -2.12. The van der Waals surface area contributed by atoms with Crippen molar-refractivity contribution in [3.63, 3.8) is 0 Å². The van der Waals surface area contributed by atoms with Gasteiger partial charge in [-0.3, -0.25) is 23.5 Å². The summed E-state index contributed by atoms with van der Waals surface area (Å²) in [4.78, 5) is 37.1. The highest BCUT2D eigenvalue weighted by atomic mass is 16.5. The SMILES string of the molecule is COc1ccccc1-n1ccn(CC(=O)Nc2cccc(C)c2)c(=O)c1=O. The Labute approximate surface area is 155 Å². The number of carbonyl (C=O) groups excluding carboxylic acids is 1. The van der Waals surface area contributed by atoms with Crippen molar-refractivity contribution in [2.45, 2.75) is 13.5 Å². The van der Waals surface area contributed by atoms with E-state index in [9.17, 15) is 14.4 Å². The molecule has 0 radical (unpaired) electrons. The van der Waals surface area contributed by atoms with Crippen LogP contribution in [0.15, 0.2) is 70.5 Å². The number of benzene rings is 2. The Bertz CT molecular complexity index is 1100.